The Hall–Kier alpha value is -0.520. The molecule has 0 N–H and O–H groups in total. The van der Waals surface area contributed by atoms with Gasteiger partial charge in [-0.15, -0.1) is 0 Å². The molecule has 0 nitrogen and oxygen atoms in total. The van der Waals surface area contributed by atoms with Gasteiger partial charge in [0.25, 0.3) is 0 Å². The molecule has 0 aliphatic heterocycles. The van der Waals surface area contributed by atoms with Crippen LogP contribution >= 0.6 is 0 Å². The predicted octanol–water partition coefficient (Wildman–Crippen LogP) is 3.45. The lowest BCUT2D eigenvalue weighted by Gasteiger charge is -2.16. The highest BCUT2D eigenvalue weighted by Crippen LogP contribution is 2.31. The first-order valence-electron chi connectivity index (χ1n) is 4.84. The highest BCUT2D eigenvalue weighted by Gasteiger charge is 2.15. The third-order valence-corrected chi connectivity index (χ3v) is 2.86. The van der Waals surface area contributed by atoms with Crippen LogP contribution in [0.4, 0.5) is 0 Å². The Labute approximate surface area is 69.0 Å². The van der Waals surface area contributed by atoms with E-state index in [2.05, 4.69) is 18.2 Å². The van der Waals surface area contributed by atoms with Crippen molar-refractivity contribution in [3.8, 4) is 0 Å². The zero-order valence-electron chi connectivity index (χ0n) is 7.05. The summed E-state index contributed by atoms with van der Waals surface area (Å²) in [4.78, 5) is 0. The maximum Gasteiger partial charge on any atom is -0.00170 e. The Bertz CT molecular complexity index is 186. The van der Waals surface area contributed by atoms with E-state index < -0.39 is 0 Å². The van der Waals surface area contributed by atoms with E-state index in [1.807, 2.05) is 0 Å². The molecule has 1 fully saturated rings. The fourth-order valence-electron chi connectivity index (χ4n) is 2.16. The van der Waals surface area contributed by atoms with Crippen molar-refractivity contribution in [1.29, 1.82) is 0 Å². The van der Waals surface area contributed by atoms with Crippen LogP contribution in [0.5, 0.6) is 0 Å². The topological polar surface area (TPSA) is 0 Å². The van der Waals surface area contributed by atoms with E-state index in [-0.39, 0.29) is 0 Å². The van der Waals surface area contributed by atoms with Crippen molar-refractivity contribution in [2.45, 2.75) is 38.5 Å². The van der Waals surface area contributed by atoms with Crippen molar-refractivity contribution in [2.75, 3.05) is 0 Å². The van der Waals surface area contributed by atoms with Crippen LogP contribution in [0.1, 0.15) is 38.5 Å². The van der Waals surface area contributed by atoms with Crippen molar-refractivity contribution in [3.63, 3.8) is 0 Å². The summed E-state index contributed by atoms with van der Waals surface area (Å²) in [5.41, 5.74) is 1.70. The van der Waals surface area contributed by atoms with Crippen LogP contribution < -0.4 is 0 Å². The molecule has 2 aliphatic carbocycles. The van der Waals surface area contributed by atoms with Crippen molar-refractivity contribution in [1.82, 2.24) is 0 Å². The van der Waals surface area contributed by atoms with E-state index in [1.165, 1.54) is 38.5 Å². The molecule has 11 heavy (non-hydrogen) atoms. The molecule has 2 aliphatic rings. The lowest BCUT2D eigenvalue weighted by molar-refractivity contribution is 0.518. The summed E-state index contributed by atoms with van der Waals surface area (Å²) in [6.45, 7) is 0. The van der Waals surface area contributed by atoms with E-state index in [0.29, 0.717) is 0 Å². The number of hydrogen-bond acceptors (Lipinski definition) is 0. The van der Waals surface area contributed by atoms with Crippen LogP contribution in [-0.4, -0.2) is 0 Å². The summed E-state index contributed by atoms with van der Waals surface area (Å²) in [7, 11) is 0. The molecule has 0 heteroatoms. The van der Waals surface area contributed by atoms with Crippen LogP contribution in [-0.2, 0) is 0 Å². The van der Waals surface area contributed by atoms with Gasteiger partial charge in [0.15, 0.2) is 0 Å². The van der Waals surface area contributed by atoms with Gasteiger partial charge in [-0.3, -0.25) is 0 Å². The van der Waals surface area contributed by atoms with E-state index >= 15 is 0 Å². The minimum atomic E-state index is 0.829. The average molecular weight is 148 g/mol. The second kappa shape index (κ2) is 3.25. The molecule has 0 radical (unpaired) electrons. The Kier molecular flexibility index (Phi) is 2.11. The molecule has 0 aromatic carbocycles. The van der Waals surface area contributed by atoms with Gasteiger partial charge in [-0.25, -0.2) is 0 Å². The summed E-state index contributed by atoms with van der Waals surface area (Å²) in [5.74, 6) is 0.829. The van der Waals surface area contributed by atoms with Crippen LogP contribution in [0.2, 0.25) is 0 Å². The first-order chi connectivity index (χ1) is 5.47. The molecule has 0 spiro atoms. The second-order valence-corrected chi connectivity index (χ2v) is 3.69. The van der Waals surface area contributed by atoms with Gasteiger partial charge < -0.3 is 0 Å². The predicted molar refractivity (Wildman–Crippen MR) is 48.4 cm³/mol. The van der Waals surface area contributed by atoms with Gasteiger partial charge in [0.2, 0.25) is 0 Å². The van der Waals surface area contributed by atoms with Crippen molar-refractivity contribution in [2.24, 2.45) is 5.92 Å². The minimum absolute atomic E-state index is 0.829. The van der Waals surface area contributed by atoms with Crippen LogP contribution in [0, 0.1) is 5.92 Å². The van der Waals surface area contributed by atoms with Crippen LogP contribution in [0.25, 0.3) is 0 Å². The molecule has 0 bridgehead atoms. The lowest BCUT2D eigenvalue weighted by Crippen LogP contribution is -2.01. The summed E-state index contributed by atoms with van der Waals surface area (Å²) in [6.07, 6.45) is 15.5. The largest absolute Gasteiger partial charge is 0.0773 e. The number of rotatable bonds is 0. The molecule has 0 aromatic rings. The molecule has 60 valence electrons. The second-order valence-electron chi connectivity index (χ2n) is 3.69. The van der Waals surface area contributed by atoms with Gasteiger partial charge in [-0.2, -0.15) is 0 Å². The molecule has 0 heterocycles. The molecular weight excluding hydrogens is 132 g/mol. The first kappa shape index (κ1) is 7.15. The van der Waals surface area contributed by atoms with Crippen LogP contribution in [0.3, 0.4) is 0 Å². The number of fused-ring (bicyclic) bond motifs is 1. The van der Waals surface area contributed by atoms with Gasteiger partial charge in [0.05, 0.1) is 0 Å². The van der Waals surface area contributed by atoms with Crippen molar-refractivity contribution < 1.29 is 0 Å². The van der Waals surface area contributed by atoms with Crippen LogP contribution in [0.15, 0.2) is 23.8 Å². The van der Waals surface area contributed by atoms with Gasteiger partial charge >= 0.3 is 0 Å². The summed E-state index contributed by atoms with van der Waals surface area (Å²) >= 11 is 0. The average Bonchev–Trinajstić information content (AvgIpc) is 2.35. The van der Waals surface area contributed by atoms with E-state index in [9.17, 15) is 0 Å². The van der Waals surface area contributed by atoms with Gasteiger partial charge in [-0.05, 0) is 25.2 Å². The van der Waals surface area contributed by atoms with Crippen molar-refractivity contribution >= 4 is 0 Å². The first-order valence-corrected chi connectivity index (χ1v) is 4.84. The highest BCUT2D eigenvalue weighted by atomic mass is 14.2. The zero-order chi connectivity index (χ0) is 7.52. The normalized spacial score (nSPS) is 30.5. The fourth-order valence-corrected chi connectivity index (χ4v) is 2.16. The molecule has 0 saturated heterocycles. The third kappa shape index (κ3) is 1.55. The van der Waals surface area contributed by atoms with E-state index in [0.717, 1.165) is 5.92 Å². The monoisotopic (exact) mass is 148 g/mol. The Balaban J connectivity index is 2.02. The maximum absolute atomic E-state index is 2.38. The molecule has 1 saturated carbocycles. The zero-order valence-corrected chi connectivity index (χ0v) is 7.05. The molecule has 1 unspecified atom stereocenters. The smallest absolute Gasteiger partial charge is 0.00170 e. The lowest BCUT2D eigenvalue weighted by atomic mass is 9.89. The van der Waals surface area contributed by atoms with Gasteiger partial charge in [0.1, 0.15) is 0 Å². The maximum atomic E-state index is 2.38. The SMILES string of the molecule is C1=CC2CCCCCCC2=C1. The number of hydrogen-bond donors (Lipinski definition) is 0. The van der Waals surface area contributed by atoms with E-state index in [1.54, 1.807) is 5.57 Å². The summed E-state index contributed by atoms with van der Waals surface area (Å²) in [6, 6.07) is 0. The molecule has 2 rings (SSSR count). The quantitative estimate of drug-likeness (QED) is 0.493. The van der Waals surface area contributed by atoms with Gasteiger partial charge in [0, 0.05) is 0 Å². The highest BCUT2D eigenvalue weighted by molar-refractivity contribution is 5.27. The number of allylic oxidation sites excluding steroid dienone is 4. The minimum Gasteiger partial charge on any atom is -0.0773 e. The summed E-state index contributed by atoms with van der Waals surface area (Å²) < 4.78 is 0. The standard InChI is InChI=1S/C11H16/c1-2-4-7-11-9-5-8-10(11)6-3-1/h5,8-10H,1-4,6-7H2. The Morgan fingerprint density at radius 3 is 3.00 bits per heavy atom. The third-order valence-electron chi connectivity index (χ3n) is 2.86. The Morgan fingerprint density at radius 2 is 2.00 bits per heavy atom. The molecule has 0 amide bonds. The van der Waals surface area contributed by atoms with E-state index in [4.69, 9.17) is 0 Å². The van der Waals surface area contributed by atoms with Crippen molar-refractivity contribution in [3.05, 3.63) is 23.8 Å². The molecule has 1 atom stereocenters. The van der Waals surface area contributed by atoms with Gasteiger partial charge in [-0.1, -0.05) is 43.1 Å². The molecular formula is C11H16. The summed E-state index contributed by atoms with van der Waals surface area (Å²) in [5, 5.41) is 0. The molecule has 0 aromatic heterocycles. The fraction of sp³-hybridized carbons (Fsp3) is 0.636. The Morgan fingerprint density at radius 1 is 1.09 bits per heavy atom.